The molecule has 1 aromatic rings. The Labute approximate surface area is 91.7 Å². The van der Waals surface area contributed by atoms with Gasteiger partial charge in [0.1, 0.15) is 0 Å². The zero-order chi connectivity index (χ0) is 11.4. The Balaban J connectivity index is 2.89. The second-order valence-corrected chi connectivity index (χ2v) is 4.18. The van der Waals surface area contributed by atoms with Crippen LogP contribution in [0.1, 0.15) is 31.9 Å². The molecule has 0 saturated heterocycles. The van der Waals surface area contributed by atoms with Crippen molar-refractivity contribution < 1.29 is 4.74 Å². The first-order valence-electron chi connectivity index (χ1n) is 5.37. The Morgan fingerprint density at radius 3 is 2.60 bits per heavy atom. The number of aromatic nitrogens is 1. The molecule has 3 nitrogen and oxygen atoms in total. The summed E-state index contributed by atoms with van der Waals surface area (Å²) in [6.45, 7) is 8.80. The van der Waals surface area contributed by atoms with Crippen LogP contribution in [0.2, 0.25) is 0 Å². The van der Waals surface area contributed by atoms with Crippen molar-refractivity contribution in [3.05, 3.63) is 23.4 Å². The minimum atomic E-state index is 0.157. The number of hydrogen-bond acceptors (Lipinski definition) is 3. The SMILES string of the molecule is Cc1ccnc(OC(C)C(C)C)c1CN. The van der Waals surface area contributed by atoms with E-state index in [2.05, 4.69) is 25.8 Å². The molecule has 0 aliphatic rings. The normalized spacial score (nSPS) is 12.9. The van der Waals surface area contributed by atoms with E-state index in [4.69, 9.17) is 10.5 Å². The number of ether oxygens (including phenoxy) is 1. The van der Waals surface area contributed by atoms with Crippen molar-refractivity contribution in [2.24, 2.45) is 11.7 Å². The lowest BCUT2D eigenvalue weighted by molar-refractivity contribution is 0.161. The molecule has 15 heavy (non-hydrogen) atoms. The Bertz CT molecular complexity index is 323. The van der Waals surface area contributed by atoms with Crippen molar-refractivity contribution >= 4 is 0 Å². The fourth-order valence-electron chi connectivity index (χ4n) is 1.23. The van der Waals surface area contributed by atoms with Crippen molar-refractivity contribution in [3.63, 3.8) is 0 Å². The topological polar surface area (TPSA) is 48.1 Å². The molecule has 1 atom stereocenters. The van der Waals surface area contributed by atoms with Crippen molar-refractivity contribution in [1.29, 1.82) is 0 Å². The minimum Gasteiger partial charge on any atom is -0.474 e. The quantitative estimate of drug-likeness (QED) is 0.825. The van der Waals surface area contributed by atoms with Crippen molar-refractivity contribution in [2.45, 2.75) is 40.3 Å². The van der Waals surface area contributed by atoms with Gasteiger partial charge in [-0.15, -0.1) is 0 Å². The summed E-state index contributed by atoms with van der Waals surface area (Å²) in [7, 11) is 0. The summed E-state index contributed by atoms with van der Waals surface area (Å²) in [5.74, 6) is 1.15. The van der Waals surface area contributed by atoms with Crippen molar-refractivity contribution in [2.75, 3.05) is 0 Å². The smallest absolute Gasteiger partial charge is 0.218 e. The summed E-state index contributed by atoms with van der Waals surface area (Å²) in [5, 5.41) is 0. The van der Waals surface area contributed by atoms with Gasteiger partial charge in [-0.3, -0.25) is 0 Å². The number of rotatable bonds is 4. The standard InChI is InChI=1S/C12H20N2O/c1-8(2)10(4)15-12-11(7-13)9(3)5-6-14-12/h5-6,8,10H,7,13H2,1-4H3. The maximum absolute atomic E-state index is 5.79. The summed E-state index contributed by atoms with van der Waals surface area (Å²) >= 11 is 0. The number of hydrogen-bond donors (Lipinski definition) is 1. The van der Waals surface area contributed by atoms with E-state index in [-0.39, 0.29) is 6.10 Å². The van der Waals surface area contributed by atoms with Crippen LogP contribution in [0, 0.1) is 12.8 Å². The lowest BCUT2D eigenvalue weighted by Crippen LogP contribution is -2.20. The molecule has 1 rings (SSSR count). The summed E-state index contributed by atoms with van der Waals surface area (Å²) < 4.78 is 5.79. The van der Waals surface area contributed by atoms with Gasteiger partial charge in [0.15, 0.2) is 0 Å². The summed E-state index contributed by atoms with van der Waals surface area (Å²) in [4.78, 5) is 4.23. The van der Waals surface area contributed by atoms with Crippen LogP contribution >= 0.6 is 0 Å². The second kappa shape index (κ2) is 5.12. The highest BCUT2D eigenvalue weighted by Crippen LogP contribution is 2.20. The zero-order valence-corrected chi connectivity index (χ0v) is 9.95. The number of nitrogens with zero attached hydrogens (tertiary/aromatic N) is 1. The first-order chi connectivity index (χ1) is 7.06. The first kappa shape index (κ1) is 12.0. The molecule has 2 N–H and O–H groups in total. The third kappa shape index (κ3) is 2.93. The van der Waals surface area contributed by atoms with Crippen LogP contribution in [0.5, 0.6) is 5.88 Å². The lowest BCUT2D eigenvalue weighted by atomic mass is 10.1. The van der Waals surface area contributed by atoms with Gasteiger partial charge in [0, 0.05) is 18.3 Å². The van der Waals surface area contributed by atoms with Gasteiger partial charge in [-0.1, -0.05) is 13.8 Å². The number of pyridine rings is 1. The lowest BCUT2D eigenvalue weighted by Gasteiger charge is -2.19. The number of aryl methyl sites for hydroxylation is 1. The zero-order valence-electron chi connectivity index (χ0n) is 9.95. The summed E-state index contributed by atoms with van der Waals surface area (Å²) in [6.07, 6.45) is 1.92. The molecule has 0 spiro atoms. The van der Waals surface area contributed by atoms with Crippen LogP contribution in [0.3, 0.4) is 0 Å². The Kier molecular flexibility index (Phi) is 4.09. The van der Waals surface area contributed by atoms with Crippen LogP contribution in [-0.2, 0) is 6.54 Å². The molecule has 0 radical (unpaired) electrons. The Morgan fingerprint density at radius 2 is 2.07 bits per heavy atom. The molecule has 1 heterocycles. The van der Waals surface area contributed by atoms with E-state index < -0.39 is 0 Å². The van der Waals surface area contributed by atoms with E-state index >= 15 is 0 Å². The average Bonchev–Trinajstić information content (AvgIpc) is 2.18. The molecular formula is C12H20N2O. The average molecular weight is 208 g/mol. The van der Waals surface area contributed by atoms with E-state index in [0.29, 0.717) is 18.3 Å². The maximum Gasteiger partial charge on any atom is 0.218 e. The van der Waals surface area contributed by atoms with E-state index in [1.54, 1.807) is 6.20 Å². The predicted octanol–water partition coefficient (Wildman–Crippen LogP) is 2.27. The molecule has 0 fully saturated rings. The van der Waals surface area contributed by atoms with E-state index in [1.165, 1.54) is 0 Å². The van der Waals surface area contributed by atoms with Crippen LogP contribution in [0.15, 0.2) is 12.3 Å². The Hall–Kier alpha value is -1.09. The van der Waals surface area contributed by atoms with Crippen LogP contribution in [-0.4, -0.2) is 11.1 Å². The highest BCUT2D eigenvalue weighted by Gasteiger charge is 2.13. The molecular weight excluding hydrogens is 188 g/mol. The summed E-state index contributed by atoms with van der Waals surface area (Å²) in [5.41, 5.74) is 7.83. The minimum absolute atomic E-state index is 0.157. The largest absolute Gasteiger partial charge is 0.474 e. The molecule has 0 aliphatic carbocycles. The molecule has 0 aliphatic heterocycles. The summed E-state index contributed by atoms with van der Waals surface area (Å²) in [6, 6.07) is 1.95. The molecule has 0 aromatic carbocycles. The third-order valence-electron chi connectivity index (χ3n) is 2.69. The molecule has 1 unspecified atom stereocenters. The van der Waals surface area contributed by atoms with Crippen molar-refractivity contribution in [1.82, 2.24) is 4.98 Å². The highest BCUT2D eigenvalue weighted by molar-refractivity contribution is 5.33. The van der Waals surface area contributed by atoms with Crippen LogP contribution < -0.4 is 10.5 Å². The Morgan fingerprint density at radius 1 is 1.40 bits per heavy atom. The van der Waals surface area contributed by atoms with Gasteiger partial charge in [0.2, 0.25) is 5.88 Å². The van der Waals surface area contributed by atoms with Crippen LogP contribution in [0.25, 0.3) is 0 Å². The van der Waals surface area contributed by atoms with Gasteiger partial charge < -0.3 is 10.5 Å². The number of nitrogens with two attached hydrogens (primary N) is 1. The molecule has 84 valence electrons. The molecule has 0 bridgehead atoms. The monoisotopic (exact) mass is 208 g/mol. The van der Waals surface area contributed by atoms with Crippen LogP contribution in [0.4, 0.5) is 0 Å². The van der Waals surface area contributed by atoms with Gasteiger partial charge in [0.25, 0.3) is 0 Å². The molecule has 0 amide bonds. The van der Waals surface area contributed by atoms with Gasteiger partial charge in [0.05, 0.1) is 6.10 Å². The van der Waals surface area contributed by atoms with Gasteiger partial charge in [-0.05, 0) is 31.4 Å². The highest BCUT2D eigenvalue weighted by atomic mass is 16.5. The van der Waals surface area contributed by atoms with Gasteiger partial charge >= 0.3 is 0 Å². The van der Waals surface area contributed by atoms with Gasteiger partial charge in [-0.25, -0.2) is 4.98 Å². The maximum atomic E-state index is 5.79. The second-order valence-electron chi connectivity index (χ2n) is 4.18. The first-order valence-corrected chi connectivity index (χ1v) is 5.37. The fraction of sp³-hybridized carbons (Fsp3) is 0.583. The fourth-order valence-corrected chi connectivity index (χ4v) is 1.23. The molecule has 1 aromatic heterocycles. The molecule has 0 saturated carbocycles. The van der Waals surface area contributed by atoms with E-state index in [0.717, 1.165) is 11.1 Å². The van der Waals surface area contributed by atoms with E-state index in [9.17, 15) is 0 Å². The predicted molar refractivity (Wildman–Crippen MR) is 61.8 cm³/mol. The third-order valence-corrected chi connectivity index (χ3v) is 2.69. The van der Waals surface area contributed by atoms with Gasteiger partial charge in [-0.2, -0.15) is 0 Å². The molecule has 3 heteroatoms. The van der Waals surface area contributed by atoms with Crippen molar-refractivity contribution in [3.8, 4) is 5.88 Å². The van der Waals surface area contributed by atoms with E-state index in [1.807, 2.05) is 13.0 Å².